The highest BCUT2D eigenvalue weighted by molar-refractivity contribution is 14.1. The first-order valence-electron chi connectivity index (χ1n) is 7.47. The molecular formula is C20H13IO3. The lowest BCUT2D eigenvalue weighted by molar-refractivity contribution is 0.420. The van der Waals surface area contributed by atoms with Gasteiger partial charge in [0.25, 0.3) is 0 Å². The average Bonchev–Trinajstić information content (AvgIpc) is 2.59. The summed E-state index contributed by atoms with van der Waals surface area (Å²) in [7, 11) is 1.62. The summed E-state index contributed by atoms with van der Waals surface area (Å²) in [5.41, 5.74) is 1.84. The van der Waals surface area contributed by atoms with E-state index in [4.69, 9.17) is 9.15 Å². The summed E-state index contributed by atoms with van der Waals surface area (Å²) < 4.78 is 12.4. The van der Waals surface area contributed by atoms with Gasteiger partial charge in [-0.05, 0) is 64.6 Å². The minimum Gasteiger partial charge on any atom is -0.496 e. The summed E-state index contributed by atoms with van der Waals surface area (Å²) in [5, 5.41) is 2.33. The molecule has 0 saturated carbocycles. The Bertz CT molecular complexity index is 1170. The topological polar surface area (TPSA) is 39.4 Å². The van der Waals surface area contributed by atoms with E-state index in [1.165, 1.54) is 0 Å². The van der Waals surface area contributed by atoms with Gasteiger partial charge in [-0.25, -0.2) is 0 Å². The first kappa shape index (κ1) is 15.2. The van der Waals surface area contributed by atoms with Crippen molar-refractivity contribution in [1.29, 1.82) is 0 Å². The number of rotatable bonds is 2. The summed E-state index contributed by atoms with van der Waals surface area (Å²) in [6.45, 7) is 0. The Labute approximate surface area is 151 Å². The van der Waals surface area contributed by atoms with Crippen LogP contribution in [0, 0.1) is 3.57 Å². The molecule has 0 saturated heterocycles. The summed E-state index contributed by atoms with van der Waals surface area (Å²) in [4.78, 5) is 12.9. The van der Waals surface area contributed by atoms with Crippen molar-refractivity contribution in [3.63, 3.8) is 0 Å². The van der Waals surface area contributed by atoms with Gasteiger partial charge in [-0.3, -0.25) is 4.79 Å². The van der Waals surface area contributed by atoms with E-state index in [-0.39, 0.29) is 5.43 Å². The molecule has 3 aromatic carbocycles. The zero-order chi connectivity index (χ0) is 16.7. The first-order chi connectivity index (χ1) is 11.7. The van der Waals surface area contributed by atoms with Crippen LogP contribution in [0.4, 0.5) is 0 Å². The second kappa shape index (κ2) is 5.94. The molecule has 0 aliphatic rings. The van der Waals surface area contributed by atoms with Gasteiger partial charge in [0.1, 0.15) is 11.3 Å². The maximum absolute atomic E-state index is 12.9. The zero-order valence-corrected chi connectivity index (χ0v) is 15.0. The van der Waals surface area contributed by atoms with Crippen molar-refractivity contribution in [3.8, 4) is 5.75 Å². The Morgan fingerprint density at radius 3 is 2.67 bits per heavy atom. The van der Waals surface area contributed by atoms with Gasteiger partial charge in [-0.15, -0.1) is 0 Å². The second-order valence-corrected chi connectivity index (χ2v) is 6.73. The second-order valence-electron chi connectivity index (χ2n) is 5.49. The van der Waals surface area contributed by atoms with Crippen molar-refractivity contribution >= 4 is 50.4 Å². The SMILES string of the molecule is COc1ccc2c(=O)/c(=C\c3cccc(I)c3)oc3cccc1c32. The van der Waals surface area contributed by atoms with Crippen molar-refractivity contribution in [3.05, 3.63) is 79.4 Å². The van der Waals surface area contributed by atoms with Crippen molar-refractivity contribution in [2.75, 3.05) is 7.11 Å². The van der Waals surface area contributed by atoms with Gasteiger partial charge in [0.2, 0.25) is 5.43 Å². The molecule has 24 heavy (non-hydrogen) atoms. The Morgan fingerprint density at radius 2 is 1.88 bits per heavy atom. The van der Waals surface area contributed by atoms with E-state index < -0.39 is 0 Å². The van der Waals surface area contributed by atoms with Gasteiger partial charge >= 0.3 is 0 Å². The van der Waals surface area contributed by atoms with Crippen molar-refractivity contribution < 1.29 is 9.15 Å². The Morgan fingerprint density at radius 1 is 1.04 bits per heavy atom. The van der Waals surface area contributed by atoms with Crippen LogP contribution in [0.25, 0.3) is 27.8 Å². The lowest BCUT2D eigenvalue weighted by Crippen LogP contribution is -2.24. The van der Waals surface area contributed by atoms with Gasteiger partial charge in [-0.2, -0.15) is 0 Å². The Hall–Kier alpha value is -2.34. The van der Waals surface area contributed by atoms with Crippen molar-refractivity contribution in [1.82, 2.24) is 0 Å². The van der Waals surface area contributed by atoms with E-state index in [1.807, 2.05) is 48.5 Å². The van der Waals surface area contributed by atoms with Gasteiger partial charge in [0.15, 0.2) is 5.42 Å². The molecule has 0 spiro atoms. The van der Waals surface area contributed by atoms with Crippen LogP contribution < -0.4 is 15.6 Å². The predicted molar refractivity (Wildman–Crippen MR) is 104 cm³/mol. The van der Waals surface area contributed by atoms with E-state index >= 15 is 0 Å². The number of benzene rings is 3. The van der Waals surface area contributed by atoms with E-state index in [0.717, 1.165) is 25.7 Å². The maximum atomic E-state index is 12.9. The number of hydrogen-bond acceptors (Lipinski definition) is 3. The standard InChI is InChI=1S/C20H13IO3/c1-23-16-9-8-15-19-14(16)6-3-7-17(19)24-18(20(15)22)11-12-4-2-5-13(21)10-12/h2-11H,1H3/b18-11+. The first-order valence-corrected chi connectivity index (χ1v) is 8.55. The van der Waals surface area contributed by atoms with Gasteiger partial charge in [0, 0.05) is 19.7 Å². The molecular weight excluding hydrogens is 415 g/mol. The van der Waals surface area contributed by atoms with E-state index in [9.17, 15) is 4.79 Å². The molecule has 118 valence electrons. The summed E-state index contributed by atoms with van der Waals surface area (Å²) >= 11 is 2.25. The van der Waals surface area contributed by atoms with Crippen molar-refractivity contribution in [2.24, 2.45) is 0 Å². The van der Waals surface area contributed by atoms with Crippen LogP contribution in [0.2, 0.25) is 0 Å². The molecule has 0 amide bonds. The van der Waals surface area contributed by atoms with E-state index in [0.29, 0.717) is 16.4 Å². The fraction of sp³-hybridized carbons (Fsp3) is 0.0500. The summed E-state index contributed by atoms with van der Waals surface area (Å²) in [6.07, 6.45) is 1.79. The lowest BCUT2D eigenvalue weighted by atomic mass is 10.0. The van der Waals surface area contributed by atoms with Crippen LogP contribution in [-0.2, 0) is 0 Å². The molecule has 1 heterocycles. The van der Waals surface area contributed by atoms with Gasteiger partial charge < -0.3 is 9.15 Å². The van der Waals surface area contributed by atoms with E-state index in [1.54, 1.807) is 19.3 Å². The van der Waals surface area contributed by atoms with Crippen LogP contribution in [0.3, 0.4) is 0 Å². The molecule has 0 atom stereocenters. The van der Waals surface area contributed by atoms with Crippen molar-refractivity contribution in [2.45, 2.75) is 0 Å². The average molecular weight is 428 g/mol. The third kappa shape index (κ3) is 2.47. The minimum absolute atomic E-state index is 0.111. The molecule has 0 radical (unpaired) electrons. The molecule has 3 nitrogen and oxygen atoms in total. The molecule has 0 aliphatic carbocycles. The maximum Gasteiger partial charge on any atom is 0.228 e. The van der Waals surface area contributed by atoms with Gasteiger partial charge in [-0.1, -0.05) is 24.3 Å². The molecule has 4 rings (SSSR count). The largest absolute Gasteiger partial charge is 0.496 e. The number of halogens is 1. The smallest absolute Gasteiger partial charge is 0.228 e. The fourth-order valence-corrected chi connectivity index (χ4v) is 3.51. The zero-order valence-electron chi connectivity index (χ0n) is 12.9. The van der Waals surface area contributed by atoms with Crippen LogP contribution in [0.1, 0.15) is 5.56 Å². The highest BCUT2D eigenvalue weighted by atomic mass is 127. The molecule has 4 heteroatoms. The van der Waals surface area contributed by atoms with Crippen LogP contribution in [0.15, 0.2) is 63.8 Å². The summed E-state index contributed by atoms with van der Waals surface area (Å²) in [6, 6.07) is 17.3. The fourth-order valence-electron chi connectivity index (χ4n) is 2.94. The predicted octanol–water partition coefficient (Wildman–Crippen LogP) is 4.11. The Balaban J connectivity index is 2.10. The number of ether oxygens (including phenoxy) is 1. The van der Waals surface area contributed by atoms with Gasteiger partial charge in [0.05, 0.1) is 7.11 Å². The molecule has 1 aromatic heterocycles. The van der Waals surface area contributed by atoms with Crippen LogP contribution >= 0.6 is 22.6 Å². The molecule has 0 unspecified atom stereocenters. The molecule has 0 aliphatic heterocycles. The summed E-state index contributed by atoms with van der Waals surface area (Å²) in [5.74, 6) is 0.733. The van der Waals surface area contributed by atoms with E-state index in [2.05, 4.69) is 22.6 Å². The third-order valence-corrected chi connectivity index (χ3v) is 4.69. The quantitative estimate of drug-likeness (QED) is 0.452. The number of methoxy groups -OCH3 is 1. The molecule has 0 N–H and O–H groups in total. The Kier molecular flexibility index (Phi) is 3.76. The molecule has 0 fully saturated rings. The monoisotopic (exact) mass is 428 g/mol. The molecule has 0 bridgehead atoms. The molecule has 4 aromatic rings. The highest BCUT2D eigenvalue weighted by Gasteiger charge is 2.12. The number of hydrogen-bond donors (Lipinski definition) is 0. The lowest BCUT2D eigenvalue weighted by Gasteiger charge is -2.08. The minimum atomic E-state index is -0.111. The van der Waals surface area contributed by atoms with Crippen LogP contribution in [-0.4, -0.2) is 7.11 Å². The normalized spacial score (nSPS) is 12.2. The third-order valence-electron chi connectivity index (χ3n) is 4.02. The van der Waals surface area contributed by atoms with Crippen LogP contribution in [0.5, 0.6) is 5.75 Å². The highest BCUT2D eigenvalue weighted by Crippen LogP contribution is 2.31.